The van der Waals surface area contributed by atoms with Crippen molar-refractivity contribution >= 4 is 29.2 Å². The smallest absolute Gasteiger partial charge is 0.322 e. The van der Waals surface area contributed by atoms with Crippen molar-refractivity contribution in [3.63, 3.8) is 0 Å². The van der Waals surface area contributed by atoms with E-state index in [0.717, 1.165) is 24.3 Å². The molecule has 14 heteroatoms. The summed E-state index contributed by atoms with van der Waals surface area (Å²) in [7, 11) is 0. The SMILES string of the molecule is O=NC1CCN(C(=O)NC2=CC(Oc3cc(F)c(NC(=O)C4(C(=O)Nc5ccc(F)cc5)CC4)cc3F)=CCN2)CC1. The molecule has 1 saturated heterocycles. The molecule has 0 radical (unpaired) electrons. The molecule has 4 N–H and O–H groups in total. The van der Waals surface area contributed by atoms with Crippen molar-refractivity contribution in [1.29, 1.82) is 0 Å². The van der Waals surface area contributed by atoms with E-state index in [1.807, 2.05) is 0 Å². The number of benzene rings is 2. The van der Waals surface area contributed by atoms with Gasteiger partial charge in [-0.1, -0.05) is 5.18 Å². The van der Waals surface area contributed by atoms with Crippen molar-refractivity contribution in [2.45, 2.75) is 31.7 Å². The highest BCUT2D eigenvalue weighted by atomic mass is 19.1. The van der Waals surface area contributed by atoms with Crippen molar-refractivity contribution in [3.8, 4) is 5.75 Å². The predicted octanol–water partition coefficient (Wildman–Crippen LogP) is 4.11. The fourth-order valence-corrected chi connectivity index (χ4v) is 4.57. The number of carbonyl (C=O) groups excluding carboxylic acids is 3. The first-order chi connectivity index (χ1) is 20.2. The van der Waals surface area contributed by atoms with Gasteiger partial charge < -0.3 is 25.6 Å². The van der Waals surface area contributed by atoms with Gasteiger partial charge in [-0.25, -0.2) is 18.0 Å². The van der Waals surface area contributed by atoms with Crippen LogP contribution in [0.4, 0.5) is 29.3 Å². The molecule has 2 heterocycles. The second-order valence-electron chi connectivity index (χ2n) is 10.2. The number of hydrogen-bond acceptors (Lipinski definition) is 7. The van der Waals surface area contributed by atoms with E-state index in [0.29, 0.717) is 31.6 Å². The number of dihydropyridines is 1. The number of anilines is 2. The third-order valence-corrected chi connectivity index (χ3v) is 7.24. The summed E-state index contributed by atoms with van der Waals surface area (Å²) in [5.74, 6) is -3.93. The van der Waals surface area contributed by atoms with Gasteiger partial charge in [-0.2, -0.15) is 4.91 Å². The number of likely N-dealkylation sites (tertiary alicyclic amines) is 1. The summed E-state index contributed by atoms with van der Waals surface area (Å²) in [5.41, 5.74) is -1.64. The van der Waals surface area contributed by atoms with Gasteiger partial charge in [-0.05, 0) is 56.0 Å². The predicted molar refractivity (Wildman–Crippen MR) is 145 cm³/mol. The Labute approximate surface area is 238 Å². The van der Waals surface area contributed by atoms with E-state index in [2.05, 4.69) is 26.4 Å². The molecule has 5 rings (SSSR count). The van der Waals surface area contributed by atoms with Gasteiger partial charge in [0.15, 0.2) is 17.4 Å². The zero-order chi connectivity index (χ0) is 29.9. The van der Waals surface area contributed by atoms with Crippen molar-refractivity contribution in [3.05, 3.63) is 82.5 Å². The number of hydrogen-bond donors (Lipinski definition) is 4. The highest BCUT2D eigenvalue weighted by molar-refractivity contribution is 6.16. The van der Waals surface area contributed by atoms with Gasteiger partial charge in [0, 0.05) is 43.5 Å². The van der Waals surface area contributed by atoms with Gasteiger partial charge in [0.25, 0.3) is 0 Å². The lowest BCUT2D eigenvalue weighted by molar-refractivity contribution is -0.131. The molecule has 2 fully saturated rings. The van der Waals surface area contributed by atoms with Crippen LogP contribution in [0, 0.1) is 27.8 Å². The van der Waals surface area contributed by atoms with Crippen LogP contribution in [0.2, 0.25) is 0 Å². The van der Waals surface area contributed by atoms with Gasteiger partial charge in [0.1, 0.15) is 22.8 Å². The van der Waals surface area contributed by atoms with Crippen LogP contribution in [0.15, 0.2) is 65.3 Å². The average Bonchev–Trinajstić information content (AvgIpc) is 3.80. The number of rotatable bonds is 8. The Morgan fingerprint density at radius 3 is 2.31 bits per heavy atom. The zero-order valence-electron chi connectivity index (χ0n) is 22.2. The van der Waals surface area contributed by atoms with E-state index in [1.165, 1.54) is 18.2 Å². The second kappa shape index (κ2) is 11.9. The molecular formula is C28H27F3N6O5. The highest BCUT2D eigenvalue weighted by Gasteiger charge is 2.56. The molecular weight excluding hydrogens is 557 g/mol. The summed E-state index contributed by atoms with van der Waals surface area (Å²) in [4.78, 5) is 50.4. The number of amides is 4. The molecule has 0 unspecified atom stereocenters. The molecule has 1 saturated carbocycles. The Morgan fingerprint density at radius 2 is 1.64 bits per heavy atom. The van der Waals surface area contributed by atoms with Gasteiger partial charge in [0.2, 0.25) is 11.8 Å². The van der Waals surface area contributed by atoms with Gasteiger partial charge in [-0.3, -0.25) is 14.9 Å². The number of nitrogens with one attached hydrogen (secondary N) is 4. The number of ether oxygens (including phenoxy) is 1. The Bertz CT molecular complexity index is 1470. The Balaban J connectivity index is 1.19. The molecule has 11 nitrogen and oxygen atoms in total. The van der Waals surface area contributed by atoms with Gasteiger partial charge in [0.05, 0.1) is 11.7 Å². The molecule has 0 spiro atoms. The summed E-state index contributed by atoms with van der Waals surface area (Å²) in [6.07, 6.45) is 4.33. The van der Waals surface area contributed by atoms with Crippen molar-refractivity contribution in [2.24, 2.45) is 10.6 Å². The molecule has 2 aromatic rings. The number of nitroso groups, excluding NO2 is 1. The van der Waals surface area contributed by atoms with Crippen molar-refractivity contribution in [1.82, 2.24) is 15.5 Å². The highest BCUT2D eigenvalue weighted by Crippen LogP contribution is 2.47. The van der Waals surface area contributed by atoms with Crippen LogP contribution in [0.1, 0.15) is 25.7 Å². The van der Waals surface area contributed by atoms with Crippen LogP contribution in [-0.4, -0.2) is 48.4 Å². The lowest BCUT2D eigenvalue weighted by Crippen LogP contribution is -2.47. The minimum absolute atomic E-state index is 0.136. The first-order valence-electron chi connectivity index (χ1n) is 13.3. The summed E-state index contributed by atoms with van der Waals surface area (Å²) in [5, 5.41) is 13.5. The molecule has 2 aliphatic heterocycles. The fraction of sp³-hybridized carbons (Fsp3) is 0.321. The minimum Gasteiger partial charge on any atom is -0.454 e. The standard InChI is InChI=1S/C28H27F3N6O5/c29-16-1-3-17(4-2-16)33-25(38)28(8-9-28)26(39)34-22-14-21(31)23(15-20(22)30)42-19-5-10-32-24(13-19)35-27(40)37-11-6-18(36-41)7-12-37/h1-5,13-15,18,32H,6-12H2,(H,33,38)(H,34,39)(H,35,40). The molecule has 0 aromatic heterocycles. The topological polar surface area (TPSA) is 141 Å². The Hall–Kier alpha value is -4.88. The normalized spacial score (nSPS) is 17.6. The molecule has 0 bridgehead atoms. The monoisotopic (exact) mass is 584 g/mol. The molecule has 3 aliphatic rings. The van der Waals surface area contributed by atoms with Crippen LogP contribution in [0.3, 0.4) is 0 Å². The van der Waals surface area contributed by atoms with Crippen LogP contribution in [0.5, 0.6) is 5.75 Å². The Morgan fingerprint density at radius 1 is 0.952 bits per heavy atom. The molecule has 1 aliphatic carbocycles. The Kier molecular flexibility index (Phi) is 8.13. The first kappa shape index (κ1) is 28.6. The second-order valence-corrected chi connectivity index (χ2v) is 10.2. The summed E-state index contributed by atoms with van der Waals surface area (Å²) < 4.78 is 48.5. The minimum atomic E-state index is -1.46. The summed E-state index contributed by atoms with van der Waals surface area (Å²) in [6.45, 7) is 0.989. The van der Waals surface area contributed by atoms with Gasteiger partial charge in [-0.15, -0.1) is 0 Å². The quantitative estimate of drug-likeness (QED) is 0.272. The maximum absolute atomic E-state index is 14.9. The average molecular weight is 585 g/mol. The summed E-state index contributed by atoms with van der Waals surface area (Å²) in [6, 6.07) is 5.82. The van der Waals surface area contributed by atoms with E-state index in [-0.39, 0.29) is 37.0 Å². The lowest BCUT2D eigenvalue weighted by atomic mass is 10.0. The van der Waals surface area contributed by atoms with Crippen LogP contribution >= 0.6 is 0 Å². The molecule has 2 aromatic carbocycles. The first-order valence-corrected chi connectivity index (χ1v) is 13.3. The lowest BCUT2D eigenvalue weighted by Gasteiger charge is -2.29. The third kappa shape index (κ3) is 6.37. The summed E-state index contributed by atoms with van der Waals surface area (Å²) >= 11 is 0. The maximum atomic E-state index is 14.9. The number of carbonyl (C=O) groups is 3. The number of urea groups is 1. The van der Waals surface area contributed by atoms with Crippen molar-refractivity contribution < 1.29 is 32.3 Å². The van der Waals surface area contributed by atoms with E-state index in [4.69, 9.17) is 4.74 Å². The van der Waals surface area contributed by atoms with Crippen LogP contribution in [0.25, 0.3) is 0 Å². The molecule has 220 valence electrons. The zero-order valence-corrected chi connectivity index (χ0v) is 22.2. The van der Waals surface area contributed by atoms with E-state index in [9.17, 15) is 32.5 Å². The number of halogens is 3. The van der Waals surface area contributed by atoms with Gasteiger partial charge >= 0.3 is 6.03 Å². The molecule has 42 heavy (non-hydrogen) atoms. The van der Waals surface area contributed by atoms with E-state index >= 15 is 0 Å². The maximum Gasteiger partial charge on any atom is 0.322 e. The van der Waals surface area contributed by atoms with Crippen molar-refractivity contribution in [2.75, 3.05) is 30.3 Å². The number of allylic oxidation sites excluding steroid dienone is 1. The number of piperidine rings is 1. The van der Waals surface area contributed by atoms with E-state index < -0.39 is 52.1 Å². The largest absolute Gasteiger partial charge is 0.454 e. The van der Waals surface area contributed by atoms with E-state index in [1.54, 1.807) is 11.0 Å². The number of nitrogens with zero attached hydrogens (tertiary/aromatic N) is 2. The third-order valence-electron chi connectivity index (χ3n) is 7.24. The molecule has 4 amide bonds. The molecule has 0 atom stereocenters. The van der Waals surface area contributed by atoms with Crippen LogP contribution < -0.4 is 26.0 Å². The van der Waals surface area contributed by atoms with Crippen LogP contribution in [-0.2, 0) is 9.59 Å². The fourth-order valence-electron chi connectivity index (χ4n) is 4.57.